The minimum atomic E-state index is -0.183. The molecule has 1 aromatic heterocycles. The van der Waals surface area contributed by atoms with Crippen molar-refractivity contribution in [1.29, 1.82) is 0 Å². The first kappa shape index (κ1) is 21.1. The van der Waals surface area contributed by atoms with Crippen LogP contribution in [0.3, 0.4) is 0 Å². The van der Waals surface area contributed by atoms with Crippen LogP contribution in [-0.2, 0) is 11.2 Å². The molecule has 1 heterocycles. The van der Waals surface area contributed by atoms with Crippen LogP contribution in [0.4, 0.5) is 5.69 Å². The maximum atomic E-state index is 12.8. The van der Waals surface area contributed by atoms with Crippen molar-refractivity contribution >= 4 is 28.4 Å². The molecule has 0 unspecified atom stereocenters. The molecule has 4 N–H and O–H groups in total. The molecule has 0 saturated heterocycles. The fourth-order valence-corrected chi connectivity index (χ4v) is 4.30. The summed E-state index contributed by atoms with van der Waals surface area (Å²) in [4.78, 5) is 28.4. The van der Waals surface area contributed by atoms with Gasteiger partial charge in [-0.1, -0.05) is 43.5 Å². The van der Waals surface area contributed by atoms with E-state index in [1.54, 1.807) is 12.1 Å². The second-order valence-corrected chi connectivity index (χ2v) is 8.17. The van der Waals surface area contributed by atoms with Crippen molar-refractivity contribution in [2.24, 2.45) is 0 Å². The topological polar surface area (TPSA) is 86.0 Å². The molecule has 2 amide bonds. The van der Waals surface area contributed by atoms with Crippen LogP contribution < -0.4 is 16.0 Å². The first-order valence-electron chi connectivity index (χ1n) is 11.2. The molecular formula is C25H30N4O2. The fourth-order valence-electron chi connectivity index (χ4n) is 4.30. The lowest BCUT2D eigenvalue weighted by molar-refractivity contribution is -0.115. The van der Waals surface area contributed by atoms with Gasteiger partial charge in [0.2, 0.25) is 5.91 Å². The van der Waals surface area contributed by atoms with Crippen molar-refractivity contribution in [3.63, 3.8) is 0 Å². The van der Waals surface area contributed by atoms with E-state index >= 15 is 0 Å². The smallest absolute Gasteiger partial charge is 0.253 e. The van der Waals surface area contributed by atoms with Crippen molar-refractivity contribution in [1.82, 2.24) is 15.6 Å². The Balaban J connectivity index is 1.31. The molecule has 0 radical (unpaired) electrons. The third kappa shape index (κ3) is 5.52. The predicted molar refractivity (Wildman–Crippen MR) is 124 cm³/mol. The number of nitrogens with one attached hydrogen (secondary N) is 4. The molecule has 1 saturated carbocycles. The number of hydrogen-bond donors (Lipinski definition) is 4. The summed E-state index contributed by atoms with van der Waals surface area (Å²) in [7, 11) is 0. The van der Waals surface area contributed by atoms with Gasteiger partial charge in [-0.25, -0.2) is 0 Å². The van der Waals surface area contributed by atoms with Crippen LogP contribution in [0, 0.1) is 0 Å². The number of H-pyrrole nitrogens is 1. The molecule has 0 atom stereocenters. The van der Waals surface area contributed by atoms with Gasteiger partial charge in [0, 0.05) is 29.7 Å². The van der Waals surface area contributed by atoms with Crippen LogP contribution in [-0.4, -0.2) is 35.9 Å². The molecule has 31 heavy (non-hydrogen) atoms. The molecule has 162 valence electrons. The average molecular weight is 419 g/mol. The SMILES string of the molecule is O=C(CNC1CCCCC1)Nc1ccccc1C(=O)NCCc1cccc2[nH]ccc12. The van der Waals surface area contributed by atoms with E-state index in [1.807, 2.05) is 30.5 Å². The summed E-state index contributed by atoms with van der Waals surface area (Å²) >= 11 is 0. The Hall–Kier alpha value is -3.12. The Kier molecular flexibility index (Phi) is 6.99. The van der Waals surface area contributed by atoms with Gasteiger partial charge >= 0.3 is 0 Å². The molecule has 0 spiro atoms. The van der Waals surface area contributed by atoms with Crippen molar-refractivity contribution in [2.45, 2.75) is 44.6 Å². The molecule has 0 aliphatic heterocycles. The number of amides is 2. The summed E-state index contributed by atoms with van der Waals surface area (Å²) in [6, 6.07) is 15.8. The van der Waals surface area contributed by atoms with Crippen LogP contribution >= 0.6 is 0 Å². The van der Waals surface area contributed by atoms with E-state index in [9.17, 15) is 9.59 Å². The van der Waals surface area contributed by atoms with E-state index in [1.165, 1.54) is 30.2 Å². The van der Waals surface area contributed by atoms with Crippen LogP contribution in [0.25, 0.3) is 10.9 Å². The zero-order valence-electron chi connectivity index (χ0n) is 17.7. The Morgan fingerprint density at radius 2 is 1.81 bits per heavy atom. The van der Waals surface area contributed by atoms with E-state index in [-0.39, 0.29) is 18.4 Å². The molecule has 4 rings (SSSR count). The number of anilines is 1. The maximum absolute atomic E-state index is 12.8. The van der Waals surface area contributed by atoms with Crippen LogP contribution in [0.5, 0.6) is 0 Å². The molecule has 1 fully saturated rings. The fraction of sp³-hybridized carbons (Fsp3) is 0.360. The van der Waals surface area contributed by atoms with Gasteiger partial charge in [0.15, 0.2) is 0 Å². The third-order valence-electron chi connectivity index (χ3n) is 5.97. The lowest BCUT2D eigenvalue weighted by Gasteiger charge is -2.22. The Morgan fingerprint density at radius 3 is 2.68 bits per heavy atom. The standard InChI is InChI=1S/C25H30N4O2/c30-24(17-28-19-8-2-1-3-9-19)29-23-11-5-4-10-21(23)25(31)27-15-13-18-7-6-12-22-20(18)14-16-26-22/h4-7,10-12,14,16,19,26,28H,1-3,8-9,13,15,17H2,(H,27,31)(H,29,30). The summed E-state index contributed by atoms with van der Waals surface area (Å²) in [5.41, 5.74) is 3.31. The largest absolute Gasteiger partial charge is 0.361 e. The van der Waals surface area contributed by atoms with Crippen molar-refractivity contribution in [3.05, 3.63) is 65.9 Å². The predicted octanol–water partition coefficient (Wildman–Crippen LogP) is 4.00. The van der Waals surface area contributed by atoms with Gasteiger partial charge in [0.1, 0.15) is 0 Å². The van der Waals surface area contributed by atoms with Crippen LogP contribution in [0.2, 0.25) is 0 Å². The molecule has 2 aromatic carbocycles. The molecule has 1 aliphatic carbocycles. The molecule has 6 heteroatoms. The third-order valence-corrected chi connectivity index (χ3v) is 5.97. The highest BCUT2D eigenvalue weighted by atomic mass is 16.2. The number of aromatic amines is 1. The van der Waals surface area contributed by atoms with Gasteiger partial charge in [0.05, 0.1) is 17.8 Å². The highest BCUT2D eigenvalue weighted by Crippen LogP contribution is 2.19. The second-order valence-electron chi connectivity index (χ2n) is 8.17. The van der Waals surface area contributed by atoms with Crippen molar-refractivity contribution in [2.75, 3.05) is 18.4 Å². The number of hydrogen-bond acceptors (Lipinski definition) is 3. The lowest BCUT2D eigenvalue weighted by Crippen LogP contribution is -2.37. The van der Waals surface area contributed by atoms with Crippen molar-refractivity contribution < 1.29 is 9.59 Å². The highest BCUT2D eigenvalue weighted by molar-refractivity contribution is 6.04. The summed E-state index contributed by atoms with van der Waals surface area (Å²) in [5, 5.41) is 10.4. The number of carbonyl (C=O) groups is 2. The first-order chi connectivity index (χ1) is 15.2. The molecule has 0 bridgehead atoms. The molecule has 1 aliphatic rings. The number of benzene rings is 2. The van der Waals surface area contributed by atoms with E-state index < -0.39 is 0 Å². The summed E-state index contributed by atoms with van der Waals surface area (Å²) in [5.74, 6) is -0.303. The zero-order chi connectivity index (χ0) is 21.5. The Labute approximate surface area is 182 Å². The number of aromatic nitrogens is 1. The summed E-state index contributed by atoms with van der Waals surface area (Å²) < 4.78 is 0. The van der Waals surface area contributed by atoms with E-state index in [0.29, 0.717) is 23.8 Å². The van der Waals surface area contributed by atoms with Crippen LogP contribution in [0.1, 0.15) is 48.0 Å². The van der Waals surface area contributed by atoms with E-state index in [2.05, 4.69) is 33.1 Å². The van der Waals surface area contributed by atoms with Gasteiger partial charge in [-0.3, -0.25) is 9.59 Å². The lowest BCUT2D eigenvalue weighted by atomic mass is 9.95. The van der Waals surface area contributed by atoms with Gasteiger partial charge in [-0.15, -0.1) is 0 Å². The monoisotopic (exact) mass is 418 g/mol. The maximum Gasteiger partial charge on any atom is 0.253 e. The van der Waals surface area contributed by atoms with Gasteiger partial charge < -0.3 is 20.9 Å². The van der Waals surface area contributed by atoms with Crippen molar-refractivity contribution in [3.8, 4) is 0 Å². The second kappa shape index (κ2) is 10.3. The van der Waals surface area contributed by atoms with Crippen LogP contribution in [0.15, 0.2) is 54.7 Å². The van der Waals surface area contributed by atoms with Gasteiger partial charge in [-0.2, -0.15) is 0 Å². The minimum absolute atomic E-state index is 0.120. The summed E-state index contributed by atoms with van der Waals surface area (Å²) in [6.07, 6.45) is 8.65. The highest BCUT2D eigenvalue weighted by Gasteiger charge is 2.16. The number of rotatable bonds is 8. The number of para-hydroxylation sites is 1. The van der Waals surface area contributed by atoms with E-state index in [0.717, 1.165) is 24.8 Å². The van der Waals surface area contributed by atoms with Gasteiger partial charge in [-0.05, 0) is 49.1 Å². The first-order valence-corrected chi connectivity index (χ1v) is 11.2. The zero-order valence-corrected chi connectivity index (χ0v) is 17.7. The minimum Gasteiger partial charge on any atom is -0.361 e. The Bertz CT molecular complexity index is 1040. The summed E-state index contributed by atoms with van der Waals surface area (Å²) in [6.45, 7) is 0.788. The van der Waals surface area contributed by atoms with Gasteiger partial charge in [0.25, 0.3) is 5.91 Å². The molecule has 6 nitrogen and oxygen atoms in total. The number of fused-ring (bicyclic) bond motifs is 1. The number of carbonyl (C=O) groups excluding carboxylic acids is 2. The quantitative estimate of drug-likeness (QED) is 0.446. The Morgan fingerprint density at radius 1 is 0.968 bits per heavy atom. The normalized spacial score (nSPS) is 14.5. The van der Waals surface area contributed by atoms with E-state index in [4.69, 9.17) is 0 Å². The molecular weight excluding hydrogens is 388 g/mol. The molecule has 3 aromatic rings. The average Bonchev–Trinajstić information content (AvgIpc) is 3.28.